The number of amides is 1. The summed E-state index contributed by atoms with van der Waals surface area (Å²) in [7, 11) is 1.90. The van der Waals surface area contributed by atoms with Crippen LogP contribution in [0.2, 0.25) is 0 Å². The number of halogens is 1. The van der Waals surface area contributed by atoms with Gasteiger partial charge in [-0.3, -0.25) is 14.4 Å². The van der Waals surface area contributed by atoms with Crippen LogP contribution in [0.25, 0.3) is 0 Å². The van der Waals surface area contributed by atoms with Gasteiger partial charge in [-0.2, -0.15) is 5.10 Å². The molecule has 2 aromatic rings. The second-order valence-electron chi connectivity index (χ2n) is 8.85. The Morgan fingerprint density at radius 2 is 1.86 bits per heavy atom. The fourth-order valence-electron chi connectivity index (χ4n) is 4.63. The first kappa shape index (κ1) is 19.1. The lowest BCUT2D eigenvalue weighted by atomic mass is 9.72. The Morgan fingerprint density at radius 3 is 2.50 bits per heavy atom. The summed E-state index contributed by atoms with van der Waals surface area (Å²) in [4.78, 5) is 17.0. The van der Waals surface area contributed by atoms with E-state index in [4.69, 9.17) is 5.10 Å². The Labute approximate surface area is 166 Å². The van der Waals surface area contributed by atoms with E-state index in [1.807, 2.05) is 35.0 Å². The summed E-state index contributed by atoms with van der Waals surface area (Å²) >= 11 is 0. The third-order valence-corrected chi connectivity index (χ3v) is 6.07. The zero-order valence-corrected chi connectivity index (χ0v) is 17.0. The SMILES string of the molecule is CC(C)Cn1cc2c(n1)C1(CCN(Cc3ccc(F)cc3)CC1)CN(C)C2=O. The van der Waals surface area contributed by atoms with Gasteiger partial charge in [0.2, 0.25) is 0 Å². The summed E-state index contributed by atoms with van der Waals surface area (Å²) in [6.45, 7) is 8.64. The summed E-state index contributed by atoms with van der Waals surface area (Å²) in [6, 6.07) is 6.77. The number of aromatic nitrogens is 2. The molecule has 1 aromatic carbocycles. The zero-order chi connectivity index (χ0) is 19.9. The van der Waals surface area contributed by atoms with E-state index in [2.05, 4.69) is 18.7 Å². The zero-order valence-electron chi connectivity index (χ0n) is 17.0. The van der Waals surface area contributed by atoms with Crippen LogP contribution >= 0.6 is 0 Å². The summed E-state index contributed by atoms with van der Waals surface area (Å²) in [5.41, 5.74) is 2.86. The molecular formula is C22H29FN4O. The van der Waals surface area contributed by atoms with Crippen molar-refractivity contribution in [3.8, 4) is 0 Å². The standard InChI is InChI=1S/C22H29FN4O/c1-16(2)12-27-14-19-20(24-27)22(15-25(3)21(19)28)8-10-26(11-9-22)13-17-4-6-18(23)7-5-17/h4-7,14,16H,8-13,15H2,1-3H3. The van der Waals surface area contributed by atoms with Crippen LogP contribution in [0.3, 0.4) is 0 Å². The number of nitrogens with zero attached hydrogens (tertiary/aromatic N) is 4. The Balaban J connectivity index is 1.52. The minimum Gasteiger partial charge on any atom is -0.341 e. The van der Waals surface area contributed by atoms with Crippen molar-refractivity contribution in [3.05, 3.63) is 53.1 Å². The number of carbonyl (C=O) groups excluding carboxylic acids is 1. The van der Waals surface area contributed by atoms with E-state index >= 15 is 0 Å². The number of likely N-dealkylation sites (tertiary alicyclic amines) is 1. The predicted octanol–water partition coefficient (Wildman–Crippen LogP) is 3.30. The molecule has 0 unspecified atom stereocenters. The first-order valence-corrected chi connectivity index (χ1v) is 10.2. The molecule has 0 bridgehead atoms. The molecule has 2 aliphatic rings. The van der Waals surface area contributed by atoms with E-state index in [0.29, 0.717) is 5.92 Å². The van der Waals surface area contributed by atoms with Gasteiger partial charge in [0.1, 0.15) is 5.82 Å². The number of rotatable bonds is 4. The number of hydrogen-bond acceptors (Lipinski definition) is 3. The summed E-state index contributed by atoms with van der Waals surface area (Å²) in [5.74, 6) is 0.382. The molecule has 6 heteroatoms. The smallest absolute Gasteiger partial charge is 0.257 e. The van der Waals surface area contributed by atoms with E-state index in [9.17, 15) is 9.18 Å². The first-order valence-electron chi connectivity index (χ1n) is 10.2. The predicted molar refractivity (Wildman–Crippen MR) is 107 cm³/mol. The molecular weight excluding hydrogens is 355 g/mol. The van der Waals surface area contributed by atoms with Crippen molar-refractivity contribution in [3.63, 3.8) is 0 Å². The highest BCUT2D eigenvalue weighted by Crippen LogP contribution is 2.40. The highest BCUT2D eigenvalue weighted by molar-refractivity contribution is 5.96. The Bertz CT molecular complexity index is 850. The fraction of sp³-hybridized carbons (Fsp3) is 0.545. The minimum atomic E-state index is -0.194. The maximum absolute atomic E-state index is 13.1. The molecule has 1 fully saturated rings. The highest BCUT2D eigenvalue weighted by atomic mass is 19.1. The number of piperidine rings is 1. The van der Waals surface area contributed by atoms with E-state index in [-0.39, 0.29) is 17.1 Å². The topological polar surface area (TPSA) is 41.4 Å². The molecule has 1 amide bonds. The van der Waals surface area contributed by atoms with Gasteiger partial charge in [0.25, 0.3) is 5.91 Å². The number of fused-ring (bicyclic) bond motifs is 2. The quantitative estimate of drug-likeness (QED) is 0.812. The van der Waals surface area contributed by atoms with E-state index in [1.165, 1.54) is 12.1 Å². The van der Waals surface area contributed by atoms with Gasteiger partial charge in [0.05, 0.1) is 11.3 Å². The second-order valence-corrected chi connectivity index (χ2v) is 8.85. The lowest BCUT2D eigenvalue weighted by Crippen LogP contribution is -2.53. The third-order valence-electron chi connectivity index (χ3n) is 6.07. The van der Waals surface area contributed by atoms with Gasteiger partial charge in [0, 0.05) is 38.3 Å². The molecule has 0 saturated carbocycles. The molecule has 3 heterocycles. The minimum absolute atomic E-state index is 0.0560. The van der Waals surface area contributed by atoms with Crippen molar-refractivity contribution in [2.24, 2.45) is 5.92 Å². The Kier molecular flexibility index (Phi) is 5.00. The van der Waals surface area contributed by atoms with Gasteiger partial charge in [0.15, 0.2) is 0 Å². The maximum Gasteiger partial charge on any atom is 0.257 e. The lowest BCUT2D eigenvalue weighted by Gasteiger charge is -2.45. The van der Waals surface area contributed by atoms with Crippen LogP contribution in [0.15, 0.2) is 30.5 Å². The van der Waals surface area contributed by atoms with Crippen molar-refractivity contribution in [1.29, 1.82) is 0 Å². The molecule has 150 valence electrons. The first-order chi connectivity index (χ1) is 13.4. The van der Waals surface area contributed by atoms with Crippen LogP contribution in [-0.4, -0.2) is 52.2 Å². The third kappa shape index (κ3) is 3.58. The van der Waals surface area contributed by atoms with E-state index in [0.717, 1.165) is 62.4 Å². The molecule has 28 heavy (non-hydrogen) atoms. The fourth-order valence-corrected chi connectivity index (χ4v) is 4.63. The van der Waals surface area contributed by atoms with Gasteiger partial charge in [-0.25, -0.2) is 4.39 Å². The molecule has 0 atom stereocenters. The van der Waals surface area contributed by atoms with Gasteiger partial charge in [-0.05, 0) is 49.5 Å². The number of likely N-dealkylation sites (N-methyl/N-ethyl adjacent to an activating group) is 1. The average Bonchev–Trinajstić information content (AvgIpc) is 3.08. The van der Waals surface area contributed by atoms with Crippen molar-refractivity contribution in [1.82, 2.24) is 19.6 Å². The molecule has 0 N–H and O–H groups in total. The number of hydrogen-bond donors (Lipinski definition) is 0. The summed E-state index contributed by atoms with van der Waals surface area (Å²) in [6.07, 6.45) is 3.91. The summed E-state index contributed by atoms with van der Waals surface area (Å²) in [5, 5.41) is 4.88. The molecule has 1 saturated heterocycles. The highest BCUT2D eigenvalue weighted by Gasteiger charge is 2.46. The molecule has 5 nitrogen and oxygen atoms in total. The molecule has 1 aromatic heterocycles. The second kappa shape index (κ2) is 7.32. The van der Waals surface area contributed by atoms with Crippen LogP contribution in [0.4, 0.5) is 4.39 Å². The van der Waals surface area contributed by atoms with Crippen molar-refractivity contribution >= 4 is 5.91 Å². The molecule has 2 aliphatic heterocycles. The van der Waals surface area contributed by atoms with Gasteiger partial charge in [-0.15, -0.1) is 0 Å². The average molecular weight is 384 g/mol. The lowest BCUT2D eigenvalue weighted by molar-refractivity contribution is 0.0628. The molecule has 0 radical (unpaired) electrons. The Morgan fingerprint density at radius 1 is 1.18 bits per heavy atom. The maximum atomic E-state index is 13.1. The molecule has 1 spiro atoms. The van der Waals surface area contributed by atoms with Crippen LogP contribution in [0.5, 0.6) is 0 Å². The summed E-state index contributed by atoms with van der Waals surface area (Å²) < 4.78 is 15.1. The number of carbonyl (C=O) groups is 1. The van der Waals surface area contributed by atoms with E-state index in [1.54, 1.807) is 0 Å². The van der Waals surface area contributed by atoms with E-state index < -0.39 is 0 Å². The van der Waals surface area contributed by atoms with Crippen molar-refractivity contribution in [2.75, 3.05) is 26.7 Å². The van der Waals surface area contributed by atoms with Crippen LogP contribution < -0.4 is 0 Å². The van der Waals surface area contributed by atoms with Crippen LogP contribution in [0, 0.1) is 11.7 Å². The van der Waals surface area contributed by atoms with Gasteiger partial charge < -0.3 is 4.90 Å². The largest absolute Gasteiger partial charge is 0.341 e. The number of benzene rings is 1. The van der Waals surface area contributed by atoms with Crippen LogP contribution in [0.1, 0.15) is 48.3 Å². The Hall–Kier alpha value is -2.21. The monoisotopic (exact) mass is 384 g/mol. The molecule has 4 rings (SSSR count). The molecule has 0 aliphatic carbocycles. The van der Waals surface area contributed by atoms with Crippen LogP contribution in [-0.2, 0) is 18.5 Å². The van der Waals surface area contributed by atoms with Crippen molar-refractivity contribution in [2.45, 2.75) is 45.2 Å². The van der Waals surface area contributed by atoms with Crippen molar-refractivity contribution < 1.29 is 9.18 Å². The normalized spacial score (nSPS) is 19.5. The van der Waals surface area contributed by atoms with Gasteiger partial charge >= 0.3 is 0 Å². The van der Waals surface area contributed by atoms with Gasteiger partial charge in [-0.1, -0.05) is 26.0 Å².